The Hall–Kier alpha value is -3.36. The summed E-state index contributed by atoms with van der Waals surface area (Å²) in [5.74, 6) is -0.736. The molecule has 0 aromatic heterocycles. The summed E-state index contributed by atoms with van der Waals surface area (Å²) in [4.78, 5) is 49.9. The van der Waals surface area contributed by atoms with E-state index >= 15 is 0 Å². The van der Waals surface area contributed by atoms with Crippen LogP contribution in [0.15, 0.2) is 30.3 Å². The van der Waals surface area contributed by atoms with Gasteiger partial charge in [0.2, 0.25) is 23.6 Å². The second-order valence-electron chi connectivity index (χ2n) is 6.91. The van der Waals surface area contributed by atoms with Gasteiger partial charge in [0.1, 0.15) is 17.8 Å². The predicted molar refractivity (Wildman–Crippen MR) is 111 cm³/mol. The van der Waals surface area contributed by atoms with Crippen molar-refractivity contribution >= 4 is 29.7 Å². The van der Waals surface area contributed by atoms with Gasteiger partial charge in [0, 0.05) is 19.7 Å². The molecule has 1 aromatic rings. The van der Waals surface area contributed by atoms with E-state index in [-0.39, 0.29) is 18.4 Å². The van der Waals surface area contributed by atoms with Crippen molar-refractivity contribution in [3.63, 3.8) is 0 Å². The average molecular weight is 416 g/mol. The molecule has 0 bridgehead atoms. The zero-order chi connectivity index (χ0) is 22.1. The number of nitrogens with zero attached hydrogens (tertiary/aromatic N) is 1. The van der Waals surface area contributed by atoms with Gasteiger partial charge in [-0.25, -0.2) is 0 Å². The molecular weight excluding hydrogens is 388 g/mol. The number of carbonyl (C=O) groups excluding carboxylic acids is 4. The van der Waals surface area contributed by atoms with Gasteiger partial charge >= 0.3 is 0 Å². The number of nitrogens with one attached hydrogen (secondary N) is 3. The second-order valence-corrected chi connectivity index (χ2v) is 6.91. The molecule has 162 valence electrons. The number of likely N-dealkylation sites (tertiary alicyclic amines) is 1. The van der Waals surface area contributed by atoms with Crippen LogP contribution in [0, 0.1) is 0 Å². The van der Waals surface area contributed by atoms with E-state index in [1.165, 1.54) is 24.9 Å². The summed E-state index contributed by atoms with van der Waals surface area (Å²) in [6.45, 7) is 1.78. The van der Waals surface area contributed by atoms with Crippen molar-refractivity contribution < 1.29 is 23.9 Å². The fourth-order valence-electron chi connectivity index (χ4n) is 3.14. The Bertz CT molecular complexity index is 806. The maximum Gasteiger partial charge on any atom is 0.244 e. The van der Waals surface area contributed by atoms with E-state index < -0.39 is 23.9 Å². The van der Waals surface area contributed by atoms with E-state index in [2.05, 4.69) is 16.0 Å². The molecule has 2 atom stereocenters. The third-order valence-electron chi connectivity index (χ3n) is 4.83. The number of hydrogen-bond donors (Lipinski definition) is 3. The van der Waals surface area contributed by atoms with Crippen LogP contribution in [-0.2, 0) is 19.2 Å². The number of benzene rings is 1. The molecule has 3 N–H and O–H groups in total. The van der Waals surface area contributed by atoms with Crippen molar-refractivity contribution in [3.05, 3.63) is 35.9 Å². The maximum absolute atomic E-state index is 12.4. The van der Waals surface area contributed by atoms with E-state index in [0.717, 1.165) is 12.0 Å². The fraction of sp³-hybridized carbons (Fsp3) is 0.429. The van der Waals surface area contributed by atoms with Crippen LogP contribution in [0.1, 0.15) is 25.3 Å². The molecule has 0 aliphatic carbocycles. The first-order chi connectivity index (χ1) is 14.3. The van der Waals surface area contributed by atoms with E-state index in [1.807, 2.05) is 0 Å². The van der Waals surface area contributed by atoms with Gasteiger partial charge in [-0.3, -0.25) is 19.2 Å². The van der Waals surface area contributed by atoms with Crippen LogP contribution in [0.2, 0.25) is 0 Å². The van der Waals surface area contributed by atoms with Crippen molar-refractivity contribution in [1.82, 2.24) is 20.9 Å². The lowest BCUT2D eigenvalue weighted by Crippen LogP contribution is -2.50. The van der Waals surface area contributed by atoms with E-state index in [9.17, 15) is 19.2 Å². The Kier molecular flexibility index (Phi) is 8.40. The SMILES string of the molecule is CNC(=O)C1CCCN1C(=O)CNC(=O)C(C)NC(=O)/C=C/c1ccc(OC)cc1. The molecule has 1 aromatic carbocycles. The summed E-state index contributed by atoms with van der Waals surface area (Å²) in [5.41, 5.74) is 0.810. The van der Waals surface area contributed by atoms with E-state index in [1.54, 1.807) is 37.5 Å². The molecule has 2 rings (SSSR count). The van der Waals surface area contributed by atoms with Gasteiger partial charge in [-0.2, -0.15) is 0 Å². The van der Waals surface area contributed by atoms with Crippen LogP contribution in [0.3, 0.4) is 0 Å². The van der Waals surface area contributed by atoms with Gasteiger partial charge in [-0.05, 0) is 43.5 Å². The van der Waals surface area contributed by atoms with Crippen LogP contribution in [-0.4, -0.2) is 67.9 Å². The first kappa shape index (κ1) is 22.9. The fourth-order valence-corrected chi connectivity index (χ4v) is 3.14. The molecule has 0 spiro atoms. The van der Waals surface area contributed by atoms with E-state index in [0.29, 0.717) is 18.7 Å². The Morgan fingerprint density at radius 1 is 1.23 bits per heavy atom. The summed E-state index contributed by atoms with van der Waals surface area (Å²) in [6, 6.07) is 5.84. The van der Waals surface area contributed by atoms with Gasteiger partial charge in [-0.15, -0.1) is 0 Å². The smallest absolute Gasteiger partial charge is 0.244 e. The van der Waals surface area contributed by atoms with Gasteiger partial charge in [0.15, 0.2) is 0 Å². The predicted octanol–water partition coefficient (Wildman–Crippen LogP) is 0.0663. The molecule has 1 aliphatic rings. The highest BCUT2D eigenvalue weighted by Gasteiger charge is 2.33. The first-order valence-corrected chi connectivity index (χ1v) is 9.77. The average Bonchev–Trinajstić information content (AvgIpc) is 3.25. The van der Waals surface area contributed by atoms with Gasteiger partial charge in [0.05, 0.1) is 13.7 Å². The molecule has 1 fully saturated rings. The Morgan fingerprint density at radius 3 is 2.57 bits per heavy atom. The number of hydrogen-bond acceptors (Lipinski definition) is 5. The van der Waals surface area contributed by atoms with Crippen molar-refractivity contribution in [2.75, 3.05) is 27.2 Å². The van der Waals surface area contributed by atoms with E-state index in [4.69, 9.17) is 4.74 Å². The molecule has 1 heterocycles. The highest BCUT2D eigenvalue weighted by molar-refractivity contribution is 5.96. The molecule has 0 radical (unpaired) electrons. The highest BCUT2D eigenvalue weighted by atomic mass is 16.5. The molecule has 4 amide bonds. The number of ether oxygens (including phenoxy) is 1. The molecule has 1 saturated heterocycles. The lowest BCUT2D eigenvalue weighted by molar-refractivity contribution is -0.138. The molecule has 9 nitrogen and oxygen atoms in total. The largest absolute Gasteiger partial charge is 0.497 e. The lowest BCUT2D eigenvalue weighted by Gasteiger charge is -2.23. The summed E-state index contributed by atoms with van der Waals surface area (Å²) in [6.07, 6.45) is 4.29. The van der Waals surface area contributed by atoms with Crippen molar-refractivity contribution in [2.24, 2.45) is 0 Å². The second kappa shape index (κ2) is 11.0. The summed E-state index contributed by atoms with van der Waals surface area (Å²) in [5, 5.41) is 7.61. The monoisotopic (exact) mass is 416 g/mol. The van der Waals surface area contributed by atoms with Gasteiger partial charge < -0.3 is 25.6 Å². The van der Waals surface area contributed by atoms with Gasteiger partial charge in [0.25, 0.3) is 0 Å². The van der Waals surface area contributed by atoms with Crippen molar-refractivity contribution in [3.8, 4) is 5.75 Å². The van der Waals surface area contributed by atoms with Crippen LogP contribution < -0.4 is 20.7 Å². The number of carbonyl (C=O) groups is 4. The minimum Gasteiger partial charge on any atom is -0.497 e. The number of amides is 4. The Balaban J connectivity index is 1.79. The van der Waals surface area contributed by atoms with Crippen LogP contribution >= 0.6 is 0 Å². The zero-order valence-corrected chi connectivity index (χ0v) is 17.4. The first-order valence-electron chi connectivity index (χ1n) is 9.77. The van der Waals surface area contributed by atoms with Gasteiger partial charge in [-0.1, -0.05) is 12.1 Å². The quantitative estimate of drug-likeness (QED) is 0.519. The van der Waals surface area contributed by atoms with Crippen LogP contribution in [0.5, 0.6) is 5.75 Å². The molecule has 30 heavy (non-hydrogen) atoms. The Labute approximate surface area is 175 Å². The van der Waals surface area contributed by atoms with Crippen molar-refractivity contribution in [1.29, 1.82) is 0 Å². The molecular formula is C21H28N4O5. The molecule has 0 saturated carbocycles. The summed E-state index contributed by atoms with van der Waals surface area (Å²) in [7, 11) is 3.10. The normalized spacial score (nSPS) is 16.8. The minimum absolute atomic E-state index is 0.212. The number of rotatable bonds is 8. The standard InChI is InChI=1S/C21H28N4O5/c1-14(24-18(26)11-8-15-6-9-16(30-3)10-7-15)20(28)23-13-19(27)25-12-4-5-17(25)21(29)22-2/h6-11,14,17H,4-5,12-13H2,1-3H3,(H,22,29)(H,23,28)(H,24,26)/b11-8+. The highest BCUT2D eigenvalue weighted by Crippen LogP contribution is 2.17. The third-order valence-corrected chi connectivity index (χ3v) is 4.83. The van der Waals surface area contributed by atoms with Crippen LogP contribution in [0.4, 0.5) is 0 Å². The minimum atomic E-state index is -0.820. The summed E-state index contributed by atoms with van der Waals surface area (Å²) >= 11 is 0. The van der Waals surface area contributed by atoms with Crippen LogP contribution in [0.25, 0.3) is 6.08 Å². The van der Waals surface area contributed by atoms with Crippen molar-refractivity contribution in [2.45, 2.75) is 31.8 Å². The number of likely N-dealkylation sites (N-methyl/N-ethyl adjacent to an activating group) is 1. The maximum atomic E-state index is 12.4. The Morgan fingerprint density at radius 2 is 1.93 bits per heavy atom. The molecule has 9 heteroatoms. The molecule has 2 unspecified atom stereocenters. The summed E-state index contributed by atoms with van der Waals surface area (Å²) < 4.78 is 5.07. The lowest BCUT2D eigenvalue weighted by atomic mass is 10.2. The topological polar surface area (TPSA) is 117 Å². The zero-order valence-electron chi connectivity index (χ0n) is 17.4. The third kappa shape index (κ3) is 6.33. The molecule has 1 aliphatic heterocycles. The number of methoxy groups -OCH3 is 1.